The molecule has 1 aliphatic carbocycles. The van der Waals surface area contributed by atoms with Gasteiger partial charge in [0.25, 0.3) is 11.1 Å². The second kappa shape index (κ2) is 8.08. The lowest BCUT2D eigenvalue weighted by Gasteiger charge is -2.13. The third kappa shape index (κ3) is 3.78. The lowest BCUT2D eigenvalue weighted by Crippen LogP contribution is -2.38. The van der Waals surface area contributed by atoms with E-state index in [0.29, 0.717) is 5.56 Å². The fourth-order valence-corrected chi connectivity index (χ4v) is 4.14. The quantitative estimate of drug-likeness (QED) is 0.655. The Balaban J connectivity index is 1.72. The molecule has 1 fully saturated rings. The Morgan fingerprint density at radius 1 is 1.10 bits per heavy atom. The molecule has 0 spiro atoms. The number of benzene rings is 1. The third-order valence-corrected chi connectivity index (χ3v) is 5.64. The van der Waals surface area contributed by atoms with Crippen molar-refractivity contribution in [3.8, 4) is 17.3 Å². The van der Waals surface area contributed by atoms with Crippen LogP contribution in [0.5, 0.6) is 11.6 Å². The second-order valence-electron chi connectivity index (χ2n) is 7.04. The molecule has 9 nitrogen and oxygen atoms in total. The first-order chi connectivity index (χ1) is 14.3. The Morgan fingerprint density at radius 2 is 1.77 bits per heavy atom. The van der Waals surface area contributed by atoms with Crippen molar-refractivity contribution < 1.29 is 4.74 Å². The first-order valence-electron chi connectivity index (χ1n) is 9.27. The van der Waals surface area contributed by atoms with E-state index in [2.05, 4.69) is 15.3 Å². The van der Waals surface area contributed by atoms with Crippen LogP contribution in [0.1, 0.15) is 37.2 Å². The van der Waals surface area contributed by atoms with Crippen molar-refractivity contribution in [1.82, 2.24) is 24.5 Å². The normalized spacial score (nSPS) is 14.2. The average Bonchev–Trinajstić information content (AvgIpc) is 3.24. The van der Waals surface area contributed by atoms with Crippen LogP contribution in [-0.2, 0) is 7.05 Å². The second-order valence-corrected chi connectivity index (χ2v) is 7.85. The molecule has 2 heterocycles. The summed E-state index contributed by atoms with van der Waals surface area (Å²) in [6, 6.07) is 4.36. The summed E-state index contributed by atoms with van der Waals surface area (Å²) < 4.78 is 7.65. The van der Waals surface area contributed by atoms with Gasteiger partial charge in [-0.25, -0.2) is 19.1 Å². The van der Waals surface area contributed by atoms with Crippen LogP contribution in [0.15, 0.2) is 38.8 Å². The maximum absolute atomic E-state index is 12.3. The molecule has 1 aliphatic rings. The molecule has 0 saturated heterocycles. The predicted octanol–water partition coefficient (Wildman–Crippen LogP) is 2.77. The Labute approximate surface area is 179 Å². The van der Waals surface area contributed by atoms with Crippen LogP contribution in [-0.4, -0.2) is 24.5 Å². The topological polar surface area (TPSA) is 112 Å². The van der Waals surface area contributed by atoms with Gasteiger partial charge in [0, 0.05) is 18.7 Å². The molecule has 0 bridgehead atoms. The lowest BCUT2D eigenvalue weighted by atomic mass is 10.00. The standard InChI is InChI=1S/C19H17Cl2N5O4/c1-25-19(29)26(16(27)9-22-25)11-6-13(20)17(14(21)7-11)30-15-8-12(18(28)24-23-15)10-4-2-3-5-10/h6-10H,2-5H2,1H3,(H,24,28). The number of aromatic amines is 1. The van der Waals surface area contributed by atoms with Gasteiger partial charge < -0.3 is 4.74 Å². The minimum absolute atomic E-state index is 0.0682. The van der Waals surface area contributed by atoms with Gasteiger partial charge in [0.2, 0.25) is 5.88 Å². The van der Waals surface area contributed by atoms with Gasteiger partial charge in [-0.1, -0.05) is 36.0 Å². The SMILES string of the molecule is Cn1ncc(=O)n(-c2cc(Cl)c(Oc3cc(C4CCCC4)c(=O)[nH]n3)c(Cl)c2)c1=O. The highest BCUT2D eigenvalue weighted by atomic mass is 35.5. The van der Waals surface area contributed by atoms with Crippen molar-refractivity contribution in [2.45, 2.75) is 31.6 Å². The summed E-state index contributed by atoms with van der Waals surface area (Å²) >= 11 is 12.7. The molecule has 30 heavy (non-hydrogen) atoms. The molecule has 4 rings (SSSR count). The summed E-state index contributed by atoms with van der Waals surface area (Å²) in [5.41, 5.74) is -0.719. The number of aromatic nitrogens is 5. The molecule has 0 aliphatic heterocycles. The molecule has 0 unspecified atom stereocenters. The minimum Gasteiger partial charge on any atom is -0.434 e. The molecule has 0 atom stereocenters. The number of nitrogens with zero attached hydrogens (tertiary/aromatic N) is 4. The summed E-state index contributed by atoms with van der Waals surface area (Å²) in [5, 5.41) is 10.2. The Kier molecular flexibility index (Phi) is 5.48. The van der Waals surface area contributed by atoms with Gasteiger partial charge in [-0.05, 0) is 30.9 Å². The minimum atomic E-state index is -0.646. The fraction of sp³-hybridized carbons (Fsp3) is 0.316. The van der Waals surface area contributed by atoms with Gasteiger partial charge >= 0.3 is 5.69 Å². The number of nitrogens with one attached hydrogen (secondary N) is 1. The zero-order valence-corrected chi connectivity index (χ0v) is 17.4. The number of H-pyrrole nitrogens is 1. The van der Waals surface area contributed by atoms with Gasteiger partial charge in [-0.15, -0.1) is 5.10 Å². The van der Waals surface area contributed by atoms with Crippen molar-refractivity contribution in [3.05, 3.63) is 71.2 Å². The molecule has 2 aromatic heterocycles. The largest absolute Gasteiger partial charge is 0.434 e. The van der Waals surface area contributed by atoms with Crippen LogP contribution in [0, 0.1) is 0 Å². The number of halogens is 2. The van der Waals surface area contributed by atoms with Crippen LogP contribution in [0.3, 0.4) is 0 Å². The summed E-state index contributed by atoms with van der Waals surface area (Å²) in [6.45, 7) is 0. The summed E-state index contributed by atoms with van der Waals surface area (Å²) in [5.74, 6) is 0.408. The summed E-state index contributed by atoms with van der Waals surface area (Å²) in [7, 11) is 1.42. The van der Waals surface area contributed by atoms with Crippen molar-refractivity contribution >= 4 is 23.2 Å². The van der Waals surface area contributed by atoms with Gasteiger partial charge in [-0.2, -0.15) is 5.10 Å². The molecular weight excluding hydrogens is 433 g/mol. The van der Waals surface area contributed by atoms with Crippen LogP contribution in [0.25, 0.3) is 5.69 Å². The van der Waals surface area contributed by atoms with Crippen molar-refractivity contribution in [2.75, 3.05) is 0 Å². The summed E-state index contributed by atoms with van der Waals surface area (Å²) in [4.78, 5) is 36.5. The molecule has 1 saturated carbocycles. The average molecular weight is 450 g/mol. The molecule has 11 heteroatoms. The van der Waals surface area contributed by atoms with Crippen molar-refractivity contribution in [3.63, 3.8) is 0 Å². The number of ether oxygens (including phenoxy) is 1. The van der Waals surface area contributed by atoms with E-state index in [1.54, 1.807) is 6.07 Å². The van der Waals surface area contributed by atoms with Crippen LogP contribution in [0.4, 0.5) is 0 Å². The molecule has 0 amide bonds. The van der Waals surface area contributed by atoms with E-state index in [9.17, 15) is 14.4 Å². The maximum atomic E-state index is 12.3. The first kappa shape index (κ1) is 20.4. The Morgan fingerprint density at radius 3 is 2.43 bits per heavy atom. The number of aryl methyl sites for hydroxylation is 1. The number of rotatable bonds is 4. The number of hydrogen-bond donors (Lipinski definition) is 1. The van der Waals surface area contributed by atoms with Gasteiger partial charge in [0.05, 0.1) is 15.7 Å². The van der Waals surface area contributed by atoms with E-state index < -0.39 is 11.2 Å². The third-order valence-electron chi connectivity index (χ3n) is 5.08. The molecule has 1 aromatic carbocycles. The van der Waals surface area contributed by atoms with Crippen LogP contribution < -0.4 is 21.5 Å². The maximum Gasteiger partial charge on any atom is 0.351 e. The van der Waals surface area contributed by atoms with E-state index >= 15 is 0 Å². The monoisotopic (exact) mass is 449 g/mol. The zero-order valence-electron chi connectivity index (χ0n) is 15.9. The number of hydrogen-bond acceptors (Lipinski definition) is 6. The highest BCUT2D eigenvalue weighted by Gasteiger charge is 2.22. The van der Waals surface area contributed by atoms with Gasteiger partial charge in [0.1, 0.15) is 6.20 Å². The smallest absolute Gasteiger partial charge is 0.351 e. The van der Waals surface area contributed by atoms with E-state index in [1.807, 2.05) is 0 Å². The molecule has 3 aromatic rings. The molecular formula is C19H17Cl2N5O4. The first-order valence-corrected chi connectivity index (χ1v) is 10.0. The van der Waals surface area contributed by atoms with E-state index in [1.165, 1.54) is 19.2 Å². The predicted molar refractivity (Wildman–Crippen MR) is 111 cm³/mol. The van der Waals surface area contributed by atoms with E-state index in [4.69, 9.17) is 27.9 Å². The Bertz CT molecular complexity index is 1270. The van der Waals surface area contributed by atoms with E-state index in [0.717, 1.165) is 41.1 Å². The highest BCUT2D eigenvalue weighted by Crippen LogP contribution is 2.38. The van der Waals surface area contributed by atoms with Crippen molar-refractivity contribution in [1.29, 1.82) is 0 Å². The van der Waals surface area contributed by atoms with Gasteiger partial charge in [0.15, 0.2) is 5.75 Å². The summed E-state index contributed by atoms with van der Waals surface area (Å²) in [6.07, 6.45) is 5.06. The molecule has 156 valence electrons. The fourth-order valence-electron chi connectivity index (χ4n) is 3.59. The lowest BCUT2D eigenvalue weighted by molar-refractivity contribution is 0.452. The highest BCUT2D eigenvalue weighted by molar-refractivity contribution is 6.37. The van der Waals surface area contributed by atoms with Gasteiger partial charge in [-0.3, -0.25) is 9.59 Å². The van der Waals surface area contributed by atoms with Crippen LogP contribution >= 0.6 is 23.2 Å². The van der Waals surface area contributed by atoms with E-state index in [-0.39, 0.29) is 38.8 Å². The Hall–Kier alpha value is -2.91. The van der Waals surface area contributed by atoms with Crippen LogP contribution in [0.2, 0.25) is 10.0 Å². The zero-order chi connectivity index (χ0) is 21.4. The molecule has 1 N–H and O–H groups in total. The van der Waals surface area contributed by atoms with Crippen molar-refractivity contribution in [2.24, 2.45) is 7.05 Å². The molecule has 0 radical (unpaired) electrons.